The number of hydrogen-bond acceptors (Lipinski definition) is 1. The van der Waals surface area contributed by atoms with Crippen molar-refractivity contribution < 1.29 is 0 Å². The van der Waals surface area contributed by atoms with Crippen molar-refractivity contribution in [2.75, 3.05) is 6.54 Å². The second kappa shape index (κ2) is 7.84. The third-order valence-electron chi connectivity index (χ3n) is 3.53. The highest BCUT2D eigenvalue weighted by Crippen LogP contribution is 2.30. The number of rotatable bonds is 6. The van der Waals surface area contributed by atoms with Crippen LogP contribution in [0.5, 0.6) is 0 Å². The van der Waals surface area contributed by atoms with Gasteiger partial charge in [-0.15, -0.1) is 0 Å². The van der Waals surface area contributed by atoms with Crippen molar-refractivity contribution in [3.8, 4) is 0 Å². The van der Waals surface area contributed by atoms with E-state index >= 15 is 0 Å². The molecule has 21 heavy (non-hydrogen) atoms. The zero-order chi connectivity index (χ0) is 15.2. The summed E-state index contributed by atoms with van der Waals surface area (Å²) < 4.78 is 0. The highest BCUT2D eigenvalue weighted by atomic mass is 35.5. The standard InChI is InChI=1S/C18H21Cl2N/c1-3-5-13-6-8-14(9-7-13)18(21-4-2)16-11-10-15(19)12-17(16)20/h6-12,18,21H,3-5H2,1-2H3. The smallest absolute Gasteiger partial charge is 0.0591 e. The fourth-order valence-electron chi connectivity index (χ4n) is 2.51. The van der Waals surface area contributed by atoms with Crippen LogP contribution in [0.4, 0.5) is 0 Å². The number of nitrogens with one attached hydrogen (secondary N) is 1. The fourth-order valence-corrected chi connectivity index (χ4v) is 3.03. The van der Waals surface area contributed by atoms with Crippen molar-refractivity contribution in [2.45, 2.75) is 32.7 Å². The highest BCUT2D eigenvalue weighted by Gasteiger charge is 2.16. The average Bonchev–Trinajstić information content (AvgIpc) is 2.47. The number of halogens is 2. The molecular formula is C18H21Cl2N. The molecule has 0 radical (unpaired) electrons. The molecular weight excluding hydrogens is 301 g/mol. The summed E-state index contributed by atoms with van der Waals surface area (Å²) in [5.41, 5.74) is 3.66. The van der Waals surface area contributed by atoms with E-state index in [1.165, 1.54) is 17.5 Å². The molecule has 1 atom stereocenters. The van der Waals surface area contributed by atoms with Crippen LogP contribution in [0.25, 0.3) is 0 Å². The Morgan fingerprint density at radius 3 is 2.29 bits per heavy atom. The van der Waals surface area contributed by atoms with Crippen molar-refractivity contribution in [3.05, 3.63) is 69.2 Å². The Balaban J connectivity index is 2.33. The first-order chi connectivity index (χ1) is 10.2. The summed E-state index contributed by atoms with van der Waals surface area (Å²) in [5.74, 6) is 0. The van der Waals surface area contributed by atoms with Crippen molar-refractivity contribution in [3.63, 3.8) is 0 Å². The molecule has 2 rings (SSSR count). The molecule has 0 spiro atoms. The van der Waals surface area contributed by atoms with E-state index in [9.17, 15) is 0 Å². The summed E-state index contributed by atoms with van der Waals surface area (Å²) in [6.07, 6.45) is 2.28. The maximum atomic E-state index is 6.37. The van der Waals surface area contributed by atoms with Crippen molar-refractivity contribution >= 4 is 23.2 Å². The van der Waals surface area contributed by atoms with Crippen LogP contribution in [0, 0.1) is 0 Å². The lowest BCUT2D eigenvalue weighted by Gasteiger charge is -2.20. The molecule has 0 aliphatic heterocycles. The molecule has 2 aromatic rings. The fraction of sp³-hybridized carbons (Fsp3) is 0.333. The molecule has 0 amide bonds. The molecule has 0 saturated carbocycles. The van der Waals surface area contributed by atoms with Gasteiger partial charge in [-0.1, -0.05) is 73.8 Å². The van der Waals surface area contributed by atoms with Gasteiger partial charge < -0.3 is 5.32 Å². The first-order valence-corrected chi connectivity index (χ1v) is 8.18. The SMILES string of the molecule is CCCc1ccc(C(NCC)c2ccc(Cl)cc2Cl)cc1. The molecule has 0 aromatic heterocycles. The predicted molar refractivity (Wildman–Crippen MR) is 92.4 cm³/mol. The topological polar surface area (TPSA) is 12.0 Å². The summed E-state index contributed by atoms with van der Waals surface area (Å²) in [6.45, 7) is 5.17. The van der Waals surface area contributed by atoms with Gasteiger partial charge in [-0.2, -0.15) is 0 Å². The Kier molecular flexibility index (Phi) is 6.10. The minimum atomic E-state index is 0.0930. The van der Waals surface area contributed by atoms with Crippen LogP contribution < -0.4 is 5.32 Å². The van der Waals surface area contributed by atoms with Gasteiger partial charge in [0.25, 0.3) is 0 Å². The van der Waals surface area contributed by atoms with E-state index in [-0.39, 0.29) is 6.04 Å². The third-order valence-corrected chi connectivity index (χ3v) is 4.10. The van der Waals surface area contributed by atoms with Gasteiger partial charge in [-0.05, 0) is 41.8 Å². The van der Waals surface area contributed by atoms with E-state index in [1.807, 2.05) is 12.1 Å². The zero-order valence-corrected chi connectivity index (χ0v) is 14.0. The van der Waals surface area contributed by atoms with Crippen molar-refractivity contribution in [1.82, 2.24) is 5.32 Å². The third kappa shape index (κ3) is 4.23. The van der Waals surface area contributed by atoms with Gasteiger partial charge in [0.15, 0.2) is 0 Å². The van der Waals surface area contributed by atoms with E-state index in [2.05, 4.69) is 43.4 Å². The number of aryl methyl sites for hydroxylation is 1. The normalized spacial score (nSPS) is 12.4. The Morgan fingerprint density at radius 1 is 1.00 bits per heavy atom. The van der Waals surface area contributed by atoms with E-state index in [1.54, 1.807) is 6.07 Å². The number of benzene rings is 2. The minimum Gasteiger partial charge on any atom is -0.306 e. The van der Waals surface area contributed by atoms with E-state index < -0.39 is 0 Å². The van der Waals surface area contributed by atoms with E-state index in [4.69, 9.17) is 23.2 Å². The monoisotopic (exact) mass is 321 g/mol. The van der Waals surface area contributed by atoms with Gasteiger partial charge in [0.05, 0.1) is 6.04 Å². The summed E-state index contributed by atoms with van der Waals surface area (Å²) in [4.78, 5) is 0. The first-order valence-electron chi connectivity index (χ1n) is 7.42. The summed E-state index contributed by atoms with van der Waals surface area (Å²) in [5, 5.41) is 4.86. The molecule has 0 saturated heterocycles. The lowest BCUT2D eigenvalue weighted by atomic mass is 9.97. The quantitative estimate of drug-likeness (QED) is 0.725. The molecule has 112 valence electrons. The molecule has 1 N–H and O–H groups in total. The van der Waals surface area contributed by atoms with Crippen LogP contribution >= 0.6 is 23.2 Å². The molecule has 3 heteroatoms. The zero-order valence-electron chi connectivity index (χ0n) is 12.5. The molecule has 0 bridgehead atoms. The molecule has 0 fully saturated rings. The van der Waals surface area contributed by atoms with Crippen LogP contribution in [0.2, 0.25) is 10.0 Å². The number of hydrogen-bond donors (Lipinski definition) is 1. The van der Waals surface area contributed by atoms with Crippen LogP contribution in [0.1, 0.15) is 43.0 Å². The van der Waals surface area contributed by atoms with E-state index in [0.29, 0.717) is 10.0 Å². The van der Waals surface area contributed by atoms with Crippen LogP contribution in [-0.4, -0.2) is 6.54 Å². The van der Waals surface area contributed by atoms with Gasteiger partial charge >= 0.3 is 0 Å². The van der Waals surface area contributed by atoms with Crippen molar-refractivity contribution in [2.24, 2.45) is 0 Å². The first kappa shape index (κ1) is 16.4. The largest absolute Gasteiger partial charge is 0.306 e. The van der Waals surface area contributed by atoms with E-state index in [0.717, 1.165) is 18.5 Å². The van der Waals surface area contributed by atoms with Gasteiger partial charge in [-0.25, -0.2) is 0 Å². The molecule has 0 heterocycles. The molecule has 1 unspecified atom stereocenters. The van der Waals surface area contributed by atoms with Crippen LogP contribution in [-0.2, 0) is 6.42 Å². The average molecular weight is 322 g/mol. The predicted octanol–water partition coefficient (Wildman–Crippen LogP) is 5.64. The molecule has 0 aliphatic carbocycles. The van der Waals surface area contributed by atoms with Gasteiger partial charge in [0.1, 0.15) is 0 Å². The Bertz CT molecular complexity index is 578. The molecule has 1 nitrogen and oxygen atoms in total. The maximum Gasteiger partial charge on any atom is 0.0591 e. The molecule has 2 aromatic carbocycles. The lowest BCUT2D eigenvalue weighted by Crippen LogP contribution is -2.22. The maximum absolute atomic E-state index is 6.37. The van der Waals surface area contributed by atoms with Crippen LogP contribution in [0.15, 0.2) is 42.5 Å². The Labute approximate surface area is 137 Å². The minimum absolute atomic E-state index is 0.0930. The summed E-state index contributed by atoms with van der Waals surface area (Å²) >= 11 is 12.4. The summed E-state index contributed by atoms with van der Waals surface area (Å²) in [7, 11) is 0. The Morgan fingerprint density at radius 2 is 1.71 bits per heavy atom. The van der Waals surface area contributed by atoms with Gasteiger partial charge in [0.2, 0.25) is 0 Å². The molecule has 0 aliphatic rings. The van der Waals surface area contributed by atoms with Crippen LogP contribution in [0.3, 0.4) is 0 Å². The van der Waals surface area contributed by atoms with Gasteiger partial charge in [-0.3, -0.25) is 0 Å². The lowest BCUT2D eigenvalue weighted by molar-refractivity contribution is 0.630. The summed E-state index contributed by atoms with van der Waals surface area (Å²) in [6, 6.07) is 14.5. The van der Waals surface area contributed by atoms with Crippen molar-refractivity contribution in [1.29, 1.82) is 0 Å². The highest BCUT2D eigenvalue weighted by molar-refractivity contribution is 6.35. The Hall–Kier alpha value is -1.02. The van der Waals surface area contributed by atoms with Gasteiger partial charge in [0, 0.05) is 10.0 Å². The second-order valence-electron chi connectivity index (χ2n) is 5.15. The second-order valence-corrected chi connectivity index (χ2v) is 5.99.